The molecule has 1 unspecified atom stereocenters. The van der Waals surface area contributed by atoms with Crippen molar-refractivity contribution in [3.05, 3.63) is 88.9 Å². The number of sulfonamides is 1. The third-order valence-corrected chi connectivity index (χ3v) is 8.12. The number of hydrogen-bond donors (Lipinski definition) is 1. The van der Waals surface area contributed by atoms with Crippen molar-refractivity contribution in [3.63, 3.8) is 0 Å². The fraction of sp³-hybridized carbons (Fsp3) is 0.333. The molecule has 4 rings (SSSR count). The molecule has 1 N–H and O–H groups in total. The molecule has 3 aromatic rings. The number of carbonyl (C=O) groups is 2. The Hall–Kier alpha value is -3.76. The van der Waals surface area contributed by atoms with Gasteiger partial charge in [-0.3, -0.25) is 13.9 Å². The number of fused-ring (bicyclic) bond motifs is 1. The molecule has 0 spiro atoms. The standard InChI is InChI=1S/C30H34ClN3O6S/c1-3-15-32-30(36)26(18-22-9-5-4-6-10-22)33(20-23-11-7-8-12-25(23)31)29(35)21-34(41(2,37)38)24-13-14-27-28(19-24)40-17-16-39-27/h4-14,19,26H,3,15-18,20-21H2,1-2H3,(H,32,36). The SMILES string of the molecule is CCCNC(=O)C(Cc1ccccc1)N(Cc1ccccc1Cl)C(=O)CN(c1ccc2c(c1)OCCO2)S(C)(=O)=O. The quantitative estimate of drug-likeness (QED) is 0.337. The zero-order chi connectivity index (χ0) is 29.4. The van der Waals surface area contributed by atoms with E-state index in [0.717, 1.165) is 16.1 Å². The van der Waals surface area contributed by atoms with Gasteiger partial charge in [0.25, 0.3) is 0 Å². The highest BCUT2D eigenvalue weighted by Gasteiger charge is 2.33. The molecule has 9 nitrogen and oxygen atoms in total. The van der Waals surface area contributed by atoms with Gasteiger partial charge in [0.15, 0.2) is 11.5 Å². The lowest BCUT2D eigenvalue weighted by atomic mass is 10.0. The molecule has 2 amide bonds. The number of hydrogen-bond acceptors (Lipinski definition) is 6. The average Bonchev–Trinajstić information content (AvgIpc) is 2.97. The molecule has 0 aromatic heterocycles. The molecule has 3 aromatic carbocycles. The van der Waals surface area contributed by atoms with Crippen LogP contribution in [0.15, 0.2) is 72.8 Å². The summed E-state index contributed by atoms with van der Waals surface area (Å²) in [5.74, 6) is -0.00142. The minimum absolute atomic E-state index is 0.00823. The fourth-order valence-electron chi connectivity index (χ4n) is 4.53. The summed E-state index contributed by atoms with van der Waals surface area (Å²) in [4.78, 5) is 29.1. The number of halogens is 1. The number of benzene rings is 3. The van der Waals surface area contributed by atoms with Gasteiger partial charge < -0.3 is 19.7 Å². The zero-order valence-corrected chi connectivity index (χ0v) is 24.7. The zero-order valence-electron chi connectivity index (χ0n) is 23.1. The number of carbonyl (C=O) groups excluding carboxylic acids is 2. The molecule has 0 radical (unpaired) electrons. The number of anilines is 1. The van der Waals surface area contributed by atoms with Crippen molar-refractivity contribution < 1.29 is 27.5 Å². The van der Waals surface area contributed by atoms with E-state index in [0.29, 0.717) is 48.3 Å². The van der Waals surface area contributed by atoms with Gasteiger partial charge in [-0.25, -0.2) is 8.42 Å². The number of ether oxygens (including phenoxy) is 2. The lowest BCUT2D eigenvalue weighted by molar-refractivity contribution is -0.140. The molecule has 0 fully saturated rings. The molecule has 0 saturated heterocycles. The Kier molecular flexibility index (Phi) is 10.1. The van der Waals surface area contributed by atoms with Crippen molar-refractivity contribution in [2.24, 2.45) is 0 Å². The Morgan fingerprint density at radius 3 is 2.34 bits per heavy atom. The normalized spacial score (nSPS) is 13.2. The van der Waals surface area contributed by atoms with Crippen molar-refractivity contribution in [1.82, 2.24) is 10.2 Å². The van der Waals surface area contributed by atoms with Gasteiger partial charge in [-0.2, -0.15) is 0 Å². The van der Waals surface area contributed by atoms with Crippen LogP contribution in [0.2, 0.25) is 5.02 Å². The number of nitrogens with one attached hydrogen (secondary N) is 1. The molecule has 218 valence electrons. The second-order valence-electron chi connectivity index (χ2n) is 9.71. The summed E-state index contributed by atoms with van der Waals surface area (Å²) in [5, 5.41) is 3.34. The summed E-state index contributed by atoms with van der Waals surface area (Å²) in [7, 11) is -3.91. The Morgan fingerprint density at radius 2 is 1.66 bits per heavy atom. The molecule has 1 atom stereocenters. The lowest BCUT2D eigenvalue weighted by Crippen LogP contribution is -2.53. The van der Waals surface area contributed by atoms with Crippen LogP contribution in [-0.2, 0) is 32.6 Å². The first-order chi connectivity index (χ1) is 19.7. The van der Waals surface area contributed by atoms with Gasteiger partial charge in [-0.15, -0.1) is 0 Å². The summed E-state index contributed by atoms with van der Waals surface area (Å²) < 4.78 is 38.2. The molecular formula is C30H34ClN3O6S. The van der Waals surface area contributed by atoms with Crippen LogP contribution < -0.4 is 19.1 Å². The van der Waals surface area contributed by atoms with Crippen LogP contribution in [-0.4, -0.2) is 63.7 Å². The van der Waals surface area contributed by atoms with E-state index in [-0.39, 0.29) is 24.6 Å². The van der Waals surface area contributed by atoms with E-state index in [9.17, 15) is 18.0 Å². The Bertz CT molecular complexity index is 1470. The molecule has 1 aliphatic rings. The molecule has 0 bridgehead atoms. The van der Waals surface area contributed by atoms with Gasteiger partial charge in [0, 0.05) is 30.6 Å². The maximum atomic E-state index is 14.1. The largest absolute Gasteiger partial charge is 0.486 e. The first kappa shape index (κ1) is 30.2. The monoisotopic (exact) mass is 599 g/mol. The van der Waals surface area contributed by atoms with Crippen LogP contribution in [0.3, 0.4) is 0 Å². The second kappa shape index (κ2) is 13.7. The maximum Gasteiger partial charge on any atom is 0.244 e. The Labute approximate surface area is 246 Å². The van der Waals surface area contributed by atoms with E-state index in [1.54, 1.807) is 36.4 Å². The van der Waals surface area contributed by atoms with Gasteiger partial charge >= 0.3 is 0 Å². The Morgan fingerprint density at radius 1 is 0.976 bits per heavy atom. The highest BCUT2D eigenvalue weighted by molar-refractivity contribution is 7.92. The third-order valence-electron chi connectivity index (χ3n) is 6.61. The van der Waals surface area contributed by atoms with Crippen molar-refractivity contribution in [1.29, 1.82) is 0 Å². The fourth-order valence-corrected chi connectivity index (χ4v) is 5.57. The number of amides is 2. The van der Waals surface area contributed by atoms with Gasteiger partial charge in [0.1, 0.15) is 25.8 Å². The van der Waals surface area contributed by atoms with E-state index in [4.69, 9.17) is 21.1 Å². The summed E-state index contributed by atoms with van der Waals surface area (Å²) >= 11 is 6.47. The van der Waals surface area contributed by atoms with Crippen LogP contribution >= 0.6 is 11.6 Å². The number of nitrogens with zero attached hydrogens (tertiary/aromatic N) is 2. The minimum Gasteiger partial charge on any atom is -0.486 e. The Balaban J connectivity index is 1.73. The molecule has 1 heterocycles. The van der Waals surface area contributed by atoms with Crippen LogP contribution in [0.5, 0.6) is 11.5 Å². The number of rotatable bonds is 12. The van der Waals surface area contributed by atoms with E-state index in [1.807, 2.05) is 37.3 Å². The van der Waals surface area contributed by atoms with Gasteiger partial charge in [0.2, 0.25) is 21.8 Å². The molecule has 1 aliphatic heterocycles. The smallest absolute Gasteiger partial charge is 0.244 e. The second-order valence-corrected chi connectivity index (χ2v) is 12.0. The van der Waals surface area contributed by atoms with E-state index in [1.165, 1.54) is 11.0 Å². The van der Waals surface area contributed by atoms with E-state index >= 15 is 0 Å². The topological polar surface area (TPSA) is 105 Å². The average molecular weight is 600 g/mol. The van der Waals surface area contributed by atoms with Gasteiger partial charge in [-0.05, 0) is 35.7 Å². The van der Waals surface area contributed by atoms with E-state index in [2.05, 4.69) is 5.32 Å². The highest BCUT2D eigenvalue weighted by Crippen LogP contribution is 2.35. The molecule has 0 saturated carbocycles. The summed E-state index contributed by atoms with van der Waals surface area (Å²) in [6.07, 6.45) is 1.98. The summed E-state index contributed by atoms with van der Waals surface area (Å²) in [6.45, 7) is 2.57. The first-order valence-corrected chi connectivity index (χ1v) is 15.6. The van der Waals surface area contributed by atoms with E-state index < -0.39 is 28.5 Å². The van der Waals surface area contributed by atoms with Crippen molar-refractivity contribution in [3.8, 4) is 11.5 Å². The summed E-state index contributed by atoms with van der Waals surface area (Å²) in [5.41, 5.74) is 1.74. The highest BCUT2D eigenvalue weighted by atomic mass is 35.5. The minimum atomic E-state index is -3.91. The van der Waals surface area contributed by atoms with Crippen LogP contribution in [0.4, 0.5) is 5.69 Å². The molecule has 0 aliphatic carbocycles. The van der Waals surface area contributed by atoms with Gasteiger partial charge in [0.05, 0.1) is 11.9 Å². The van der Waals surface area contributed by atoms with Gasteiger partial charge in [-0.1, -0.05) is 67.1 Å². The predicted molar refractivity (Wildman–Crippen MR) is 159 cm³/mol. The summed E-state index contributed by atoms with van der Waals surface area (Å²) in [6, 6.07) is 20.2. The lowest BCUT2D eigenvalue weighted by Gasteiger charge is -2.34. The molecule has 11 heteroatoms. The predicted octanol–water partition coefficient (Wildman–Crippen LogP) is 4.04. The van der Waals surface area contributed by atoms with Crippen LogP contribution in [0.1, 0.15) is 24.5 Å². The first-order valence-electron chi connectivity index (χ1n) is 13.4. The molecule has 41 heavy (non-hydrogen) atoms. The molecular weight excluding hydrogens is 566 g/mol. The van der Waals surface area contributed by atoms with Crippen molar-refractivity contribution >= 4 is 39.1 Å². The maximum absolute atomic E-state index is 14.1. The van der Waals surface area contributed by atoms with Crippen LogP contribution in [0, 0.1) is 0 Å². The van der Waals surface area contributed by atoms with Crippen molar-refractivity contribution in [2.45, 2.75) is 32.4 Å². The van der Waals surface area contributed by atoms with Crippen LogP contribution in [0.25, 0.3) is 0 Å². The van der Waals surface area contributed by atoms with Crippen molar-refractivity contribution in [2.75, 3.05) is 36.9 Å². The third kappa shape index (κ3) is 7.92.